The van der Waals surface area contributed by atoms with Crippen molar-refractivity contribution < 1.29 is 28.6 Å². The van der Waals surface area contributed by atoms with E-state index < -0.39 is 17.7 Å². The number of hydrogen-bond acceptors (Lipinski definition) is 6. The van der Waals surface area contributed by atoms with Crippen LogP contribution in [0.2, 0.25) is 0 Å². The van der Waals surface area contributed by atoms with Crippen LogP contribution in [-0.4, -0.2) is 68.5 Å². The molecule has 1 aliphatic rings. The molecule has 0 bridgehead atoms. The highest BCUT2D eigenvalue weighted by molar-refractivity contribution is 6.35. The highest BCUT2D eigenvalue weighted by Gasteiger charge is 2.33. The molecule has 0 saturated carbocycles. The summed E-state index contributed by atoms with van der Waals surface area (Å²) < 4.78 is 15.8. The lowest BCUT2D eigenvalue weighted by Crippen LogP contribution is -2.55. The zero-order valence-corrected chi connectivity index (χ0v) is 18.6. The van der Waals surface area contributed by atoms with Gasteiger partial charge in [-0.1, -0.05) is 24.3 Å². The van der Waals surface area contributed by atoms with E-state index in [0.717, 1.165) is 11.1 Å². The summed E-state index contributed by atoms with van der Waals surface area (Å²) in [5.74, 6) is -0.562. The number of benzene rings is 2. The van der Waals surface area contributed by atoms with Gasteiger partial charge in [-0.3, -0.25) is 14.4 Å². The van der Waals surface area contributed by atoms with Gasteiger partial charge in [-0.2, -0.15) is 0 Å². The third kappa shape index (κ3) is 4.93. The summed E-state index contributed by atoms with van der Waals surface area (Å²) >= 11 is 0. The molecule has 0 atom stereocenters. The SMILES string of the molecule is COc1cc(NC(=O)CN2CCN(Cc3ccccc3C)C(=O)C2=O)cc(OC)c1OC. The zero-order valence-electron chi connectivity index (χ0n) is 18.6. The van der Waals surface area contributed by atoms with Crippen molar-refractivity contribution in [2.75, 3.05) is 46.3 Å². The molecular weight excluding hydrogens is 414 g/mol. The molecule has 9 heteroatoms. The van der Waals surface area contributed by atoms with E-state index in [1.54, 1.807) is 12.1 Å². The van der Waals surface area contributed by atoms with Crippen LogP contribution >= 0.6 is 0 Å². The molecule has 3 rings (SSSR count). The number of carbonyl (C=O) groups is 3. The second-order valence-corrected chi connectivity index (χ2v) is 7.34. The number of amides is 3. The second-order valence-electron chi connectivity index (χ2n) is 7.34. The average molecular weight is 441 g/mol. The molecule has 9 nitrogen and oxygen atoms in total. The fourth-order valence-corrected chi connectivity index (χ4v) is 3.54. The summed E-state index contributed by atoms with van der Waals surface area (Å²) in [6, 6.07) is 10.9. The number of carbonyl (C=O) groups excluding carboxylic acids is 3. The Hall–Kier alpha value is -3.75. The fraction of sp³-hybridized carbons (Fsp3) is 0.348. The topological polar surface area (TPSA) is 97.4 Å². The van der Waals surface area contributed by atoms with Crippen LogP contribution in [0.15, 0.2) is 36.4 Å². The minimum Gasteiger partial charge on any atom is -0.493 e. The van der Waals surface area contributed by atoms with Gasteiger partial charge in [0.2, 0.25) is 11.7 Å². The van der Waals surface area contributed by atoms with Gasteiger partial charge in [0.05, 0.1) is 21.3 Å². The lowest BCUT2D eigenvalue weighted by molar-refractivity contribution is -0.157. The molecule has 0 aromatic heterocycles. The number of rotatable bonds is 8. The third-order valence-corrected chi connectivity index (χ3v) is 5.30. The van der Waals surface area contributed by atoms with Crippen molar-refractivity contribution in [2.45, 2.75) is 13.5 Å². The summed E-state index contributed by atoms with van der Waals surface area (Å²) in [6.45, 7) is 2.73. The Balaban J connectivity index is 1.63. The van der Waals surface area contributed by atoms with E-state index >= 15 is 0 Å². The third-order valence-electron chi connectivity index (χ3n) is 5.30. The van der Waals surface area contributed by atoms with Crippen LogP contribution in [0, 0.1) is 6.92 Å². The van der Waals surface area contributed by atoms with Crippen LogP contribution in [0.5, 0.6) is 17.2 Å². The Bertz CT molecular complexity index is 998. The van der Waals surface area contributed by atoms with Gasteiger partial charge in [-0.05, 0) is 18.1 Å². The van der Waals surface area contributed by atoms with Crippen LogP contribution in [0.3, 0.4) is 0 Å². The first-order valence-electron chi connectivity index (χ1n) is 10.1. The van der Waals surface area contributed by atoms with Crippen LogP contribution in [0.25, 0.3) is 0 Å². The van der Waals surface area contributed by atoms with Gasteiger partial charge in [0.25, 0.3) is 0 Å². The van der Waals surface area contributed by atoms with E-state index in [0.29, 0.717) is 36.0 Å². The number of nitrogens with zero attached hydrogens (tertiary/aromatic N) is 2. The van der Waals surface area contributed by atoms with E-state index in [-0.39, 0.29) is 13.1 Å². The quantitative estimate of drug-likeness (QED) is 0.628. The van der Waals surface area contributed by atoms with E-state index in [1.165, 1.54) is 31.1 Å². The number of piperazine rings is 1. The van der Waals surface area contributed by atoms with Crippen molar-refractivity contribution in [3.05, 3.63) is 47.5 Å². The number of aryl methyl sites for hydroxylation is 1. The molecule has 1 aliphatic heterocycles. The molecule has 32 heavy (non-hydrogen) atoms. The largest absolute Gasteiger partial charge is 0.493 e. The number of nitrogens with one attached hydrogen (secondary N) is 1. The molecule has 2 aromatic rings. The van der Waals surface area contributed by atoms with Crippen molar-refractivity contribution >= 4 is 23.4 Å². The van der Waals surface area contributed by atoms with E-state index in [4.69, 9.17) is 14.2 Å². The van der Waals surface area contributed by atoms with Gasteiger partial charge in [0, 0.05) is 37.5 Å². The minimum absolute atomic E-state index is 0.237. The molecule has 0 spiro atoms. The minimum atomic E-state index is -0.690. The van der Waals surface area contributed by atoms with Gasteiger partial charge < -0.3 is 29.3 Å². The standard InChI is InChI=1S/C23H27N3O6/c1-15-7-5-6-8-16(15)13-25-9-10-26(23(29)22(25)28)14-20(27)24-17-11-18(30-2)21(32-4)19(12-17)31-3/h5-8,11-12H,9-10,13-14H2,1-4H3,(H,24,27). The first-order chi connectivity index (χ1) is 15.4. The van der Waals surface area contributed by atoms with Crippen LogP contribution in [0.4, 0.5) is 5.69 Å². The molecular formula is C23H27N3O6. The molecule has 3 amide bonds. The summed E-state index contributed by atoms with van der Waals surface area (Å²) in [6.07, 6.45) is 0. The van der Waals surface area contributed by atoms with Crippen molar-refractivity contribution in [3.8, 4) is 17.2 Å². The Labute approximate surface area is 186 Å². The normalized spacial score (nSPS) is 13.8. The number of ether oxygens (including phenoxy) is 3. The lowest BCUT2D eigenvalue weighted by atomic mass is 10.1. The highest BCUT2D eigenvalue weighted by Crippen LogP contribution is 2.39. The highest BCUT2D eigenvalue weighted by atomic mass is 16.5. The molecule has 1 N–H and O–H groups in total. The smallest absolute Gasteiger partial charge is 0.312 e. The number of methoxy groups -OCH3 is 3. The Morgan fingerprint density at radius 3 is 2.12 bits per heavy atom. The Morgan fingerprint density at radius 2 is 1.53 bits per heavy atom. The molecule has 1 fully saturated rings. The summed E-state index contributed by atoms with van der Waals surface area (Å²) in [7, 11) is 4.44. The first-order valence-corrected chi connectivity index (χ1v) is 10.1. The number of anilines is 1. The first kappa shape index (κ1) is 22.9. The predicted octanol–water partition coefficient (Wildman–Crippen LogP) is 1.83. The Kier molecular flexibility index (Phi) is 7.19. The van der Waals surface area contributed by atoms with E-state index in [2.05, 4.69) is 5.32 Å². The zero-order chi connectivity index (χ0) is 23.3. The molecule has 0 unspecified atom stereocenters. The Morgan fingerprint density at radius 1 is 0.938 bits per heavy atom. The molecule has 170 valence electrons. The van der Waals surface area contributed by atoms with Crippen LogP contribution in [-0.2, 0) is 20.9 Å². The maximum Gasteiger partial charge on any atom is 0.312 e. The predicted molar refractivity (Wildman–Crippen MR) is 118 cm³/mol. The average Bonchev–Trinajstić information content (AvgIpc) is 2.79. The monoisotopic (exact) mass is 441 g/mol. The van der Waals surface area contributed by atoms with Gasteiger partial charge >= 0.3 is 11.8 Å². The van der Waals surface area contributed by atoms with Crippen LogP contribution < -0.4 is 19.5 Å². The second kappa shape index (κ2) is 10.0. The summed E-state index contributed by atoms with van der Waals surface area (Å²) in [4.78, 5) is 40.5. The molecule has 1 heterocycles. The van der Waals surface area contributed by atoms with E-state index in [9.17, 15) is 14.4 Å². The van der Waals surface area contributed by atoms with E-state index in [1.807, 2.05) is 31.2 Å². The molecule has 1 saturated heterocycles. The maximum atomic E-state index is 12.6. The van der Waals surface area contributed by atoms with Crippen molar-refractivity contribution in [3.63, 3.8) is 0 Å². The number of hydrogen-bond donors (Lipinski definition) is 1. The summed E-state index contributed by atoms with van der Waals surface area (Å²) in [5.41, 5.74) is 2.46. The lowest BCUT2D eigenvalue weighted by Gasteiger charge is -2.33. The van der Waals surface area contributed by atoms with Crippen LogP contribution in [0.1, 0.15) is 11.1 Å². The molecule has 2 aromatic carbocycles. The molecule has 0 aliphatic carbocycles. The van der Waals surface area contributed by atoms with Gasteiger partial charge in [-0.15, -0.1) is 0 Å². The van der Waals surface area contributed by atoms with Crippen molar-refractivity contribution in [2.24, 2.45) is 0 Å². The summed E-state index contributed by atoms with van der Waals surface area (Å²) in [5, 5.41) is 2.71. The molecule has 0 radical (unpaired) electrons. The van der Waals surface area contributed by atoms with Gasteiger partial charge in [-0.25, -0.2) is 0 Å². The maximum absolute atomic E-state index is 12.6. The van der Waals surface area contributed by atoms with Crippen molar-refractivity contribution in [1.82, 2.24) is 9.80 Å². The van der Waals surface area contributed by atoms with Crippen molar-refractivity contribution in [1.29, 1.82) is 0 Å². The van der Waals surface area contributed by atoms with Gasteiger partial charge in [0.1, 0.15) is 6.54 Å². The van der Waals surface area contributed by atoms with Gasteiger partial charge in [0.15, 0.2) is 11.5 Å². The fourth-order valence-electron chi connectivity index (χ4n) is 3.54.